The number of rotatable bonds is 7. The zero-order chi connectivity index (χ0) is 12.0. The first-order valence-electron chi connectivity index (χ1n) is 6.22. The van der Waals surface area contributed by atoms with Gasteiger partial charge < -0.3 is 10.6 Å². The number of nitrogens with zero attached hydrogens (tertiary/aromatic N) is 1. The zero-order valence-corrected chi connectivity index (χ0v) is 10.1. The second-order valence-corrected chi connectivity index (χ2v) is 4.56. The fraction of sp³-hybridized carbons (Fsp3) is 0.833. The Bertz CT molecular complexity index is 253. The smallest absolute Gasteiger partial charge is 0.223 e. The van der Waals surface area contributed by atoms with Crippen molar-refractivity contribution < 1.29 is 9.59 Å². The van der Waals surface area contributed by atoms with E-state index in [0.717, 1.165) is 13.0 Å². The van der Waals surface area contributed by atoms with E-state index >= 15 is 0 Å². The van der Waals surface area contributed by atoms with E-state index in [1.165, 1.54) is 25.7 Å². The molecule has 2 N–H and O–H groups in total. The number of unbranched alkanes of at least 4 members (excludes halogenated alkanes) is 4. The molecule has 1 unspecified atom stereocenters. The molecule has 0 aliphatic carbocycles. The molecular weight excluding hydrogens is 204 g/mol. The first-order chi connectivity index (χ1) is 7.65. The van der Waals surface area contributed by atoms with Crippen LogP contribution in [-0.2, 0) is 9.59 Å². The van der Waals surface area contributed by atoms with E-state index in [1.54, 1.807) is 4.90 Å². The molecule has 1 aliphatic rings. The Hall–Kier alpha value is -1.06. The molecule has 1 heterocycles. The number of hydrogen-bond donors (Lipinski definition) is 1. The lowest BCUT2D eigenvalue weighted by Gasteiger charge is -2.15. The summed E-state index contributed by atoms with van der Waals surface area (Å²) < 4.78 is 0. The highest BCUT2D eigenvalue weighted by Crippen LogP contribution is 2.18. The second-order valence-electron chi connectivity index (χ2n) is 4.56. The van der Waals surface area contributed by atoms with Crippen LogP contribution in [0.25, 0.3) is 0 Å². The van der Waals surface area contributed by atoms with Crippen molar-refractivity contribution in [3.63, 3.8) is 0 Å². The van der Waals surface area contributed by atoms with Crippen molar-refractivity contribution in [3.05, 3.63) is 0 Å². The summed E-state index contributed by atoms with van der Waals surface area (Å²) in [4.78, 5) is 24.3. The third-order valence-electron chi connectivity index (χ3n) is 3.15. The van der Waals surface area contributed by atoms with Gasteiger partial charge in [-0.1, -0.05) is 32.6 Å². The lowest BCUT2D eigenvalue weighted by atomic mass is 10.1. The fourth-order valence-electron chi connectivity index (χ4n) is 2.09. The zero-order valence-electron chi connectivity index (χ0n) is 10.1. The molecule has 92 valence electrons. The highest BCUT2D eigenvalue weighted by Gasteiger charge is 2.32. The molecule has 0 spiro atoms. The summed E-state index contributed by atoms with van der Waals surface area (Å²) in [5.74, 6) is -0.524. The average Bonchev–Trinajstić information content (AvgIpc) is 2.60. The summed E-state index contributed by atoms with van der Waals surface area (Å²) in [5.41, 5.74) is 5.20. The topological polar surface area (TPSA) is 63.4 Å². The predicted octanol–water partition coefficient (Wildman–Crippen LogP) is 1.29. The SMILES string of the molecule is CCCCCCCN1CC(C(N)=O)CC1=O. The Kier molecular flexibility index (Phi) is 5.29. The van der Waals surface area contributed by atoms with Crippen molar-refractivity contribution >= 4 is 11.8 Å². The summed E-state index contributed by atoms with van der Waals surface area (Å²) in [6.07, 6.45) is 6.24. The van der Waals surface area contributed by atoms with Crippen LogP contribution in [0.2, 0.25) is 0 Å². The van der Waals surface area contributed by atoms with Gasteiger partial charge >= 0.3 is 0 Å². The molecule has 1 fully saturated rings. The minimum atomic E-state index is -0.346. The van der Waals surface area contributed by atoms with Gasteiger partial charge in [0.25, 0.3) is 0 Å². The molecule has 1 rings (SSSR count). The molecule has 1 saturated heterocycles. The van der Waals surface area contributed by atoms with Crippen molar-refractivity contribution in [1.82, 2.24) is 4.90 Å². The number of hydrogen-bond acceptors (Lipinski definition) is 2. The van der Waals surface area contributed by atoms with E-state index < -0.39 is 0 Å². The van der Waals surface area contributed by atoms with Gasteiger partial charge in [-0.3, -0.25) is 9.59 Å². The van der Waals surface area contributed by atoms with E-state index in [4.69, 9.17) is 5.73 Å². The molecule has 0 saturated carbocycles. The Balaban J connectivity index is 2.18. The highest BCUT2D eigenvalue weighted by molar-refractivity contribution is 5.88. The number of amides is 2. The lowest BCUT2D eigenvalue weighted by molar-refractivity contribution is -0.128. The largest absolute Gasteiger partial charge is 0.369 e. The molecule has 16 heavy (non-hydrogen) atoms. The van der Waals surface area contributed by atoms with Gasteiger partial charge in [-0.25, -0.2) is 0 Å². The Morgan fingerprint density at radius 2 is 2.06 bits per heavy atom. The van der Waals surface area contributed by atoms with Crippen LogP contribution in [0.15, 0.2) is 0 Å². The van der Waals surface area contributed by atoms with Crippen LogP contribution < -0.4 is 5.73 Å². The van der Waals surface area contributed by atoms with Crippen LogP contribution in [0.4, 0.5) is 0 Å². The van der Waals surface area contributed by atoms with Gasteiger partial charge in [0, 0.05) is 19.5 Å². The number of carbonyl (C=O) groups is 2. The average molecular weight is 226 g/mol. The third-order valence-corrected chi connectivity index (χ3v) is 3.15. The molecule has 4 nitrogen and oxygen atoms in total. The molecule has 1 aliphatic heterocycles. The van der Waals surface area contributed by atoms with E-state index in [1.807, 2.05) is 0 Å². The molecule has 2 amide bonds. The monoisotopic (exact) mass is 226 g/mol. The maximum atomic E-state index is 11.5. The van der Waals surface area contributed by atoms with Crippen LogP contribution in [0.3, 0.4) is 0 Å². The van der Waals surface area contributed by atoms with Crippen molar-refractivity contribution in [1.29, 1.82) is 0 Å². The van der Waals surface area contributed by atoms with Gasteiger partial charge in [0.15, 0.2) is 0 Å². The van der Waals surface area contributed by atoms with Gasteiger partial charge in [-0.2, -0.15) is 0 Å². The summed E-state index contributed by atoms with van der Waals surface area (Å²) in [7, 11) is 0. The van der Waals surface area contributed by atoms with Crippen LogP contribution in [-0.4, -0.2) is 29.8 Å². The number of carbonyl (C=O) groups excluding carboxylic acids is 2. The molecule has 0 bridgehead atoms. The predicted molar refractivity (Wildman–Crippen MR) is 62.6 cm³/mol. The summed E-state index contributed by atoms with van der Waals surface area (Å²) in [6.45, 7) is 3.50. The first kappa shape index (κ1) is 13.0. The first-order valence-corrected chi connectivity index (χ1v) is 6.22. The second kappa shape index (κ2) is 6.51. The molecule has 0 aromatic heterocycles. The van der Waals surface area contributed by atoms with Crippen molar-refractivity contribution in [2.24, 2.45) is 11.7 Å². The minimum absolute atomic E-state index is 0.0827. The van der Waals surface area contributed by atoms with E-state index in [2.05, 4.69) is 6.92 Å². The van der Waals surface area contributed by atoms with Crippen molar-refractivity contribution in [2.75, 3.05) is 13.1 Å². The summed E-state index contributed by atoms with van der Waals surface area (Å²) in [6, 6.07) is 0. The van der Waals surface area contributed by atoms with E-state index in [9.17, 15) is 9.59 Å². The Morgan fingerprint density at radius 3 is 2.62 bits per heavy atom. The summed E-state index contributed by atoms with van der Waals surface area (Å²) in [5, 5.41) is 0. The van der Waals surface area contributed by atoms with Crippen LogP contribution in [0, 0.1) is 5.92 Å². The molecular formula is C12H22N2O2. The third kappa shape index (κ3) is 3.83. The molecule has 4 heteroatoms. The normalized spacial score (nSPS) is 20.4. The molecule has 0 radical (unpaired) electrons. The summed E-state index contributed by atoms with van der Waals surface area (Å²) >= 11 is 0. The minimum Gasteiger partial charge on any atom is -0.369 e. The maximum Gasteiger partial charge on any atom is 0.223 e. The highest BCUT2D eigenvalue weighted by atomic mass is 16.2. The van der Waals surface area contributed by atoms with Gasteiger partial charge in [0.1, 0.15) is 0 Å². The lowest BCUT2D eigenvalue weighted by Crippen LogP contribution is -2.29. The van der Waals surface area contributed by atoms with Crippen LogP contribution >= 0.6 is 0 Å². The van der Waals surface area contributed by atoms with Crippen molar-refractivity contribution in [3.8, 4) is 0 Å². The molecule has 1 atom stereocenters. The fourth-order valence-corrected chi connectivity index (χ4v) is 2.09. The van der Waals surface area contributed by atoms with E-state index in [-0.39, 0.29) is 17.7 Å². The molecule has 0 aromatic carbocycles. The van der Waals surface area contributed by atoms with Gasteiger partial charge in [0.2, 0.25) is 11.8 Å². The van der Waals surface area contributed by atoms with Crippen LogP contribution in [0.1, 0.15) is 45.4 Å². The standard InChI is InChI=1S/C12H22N2O2/c1-2-3-4-5-6-7-14-9-10(12(13)16)8-11(14)15/h10H,2-9H2,1H3,(H2,13,16). The number of primary amides is 1. The Labute approximate surface area is 97.2 Å². The van der Waals surface area contributed by atoms with Gasteiger partial charge in [-0.15, -0.1) is 0 Å². The quantitative estimate of drug-likeness (QED) is 0.665. The van der Waals surface area contributed by atoms with Crippen LogP contribution in [0.5, 0.6) is 0 Å². The van der Waals surface area contributed by atoms with E-state index in [0.29, 0.717) is 13.0 Å². The van der Waals surface area contributed by atoms with Gasteiger partial charge in [-0.05, 0) is 6.42 Å². The van der Waals surface area contributed by atoms with Crippen molar-refractivity contribution in [2.45, 2.75) is 45.4 Å². The maximum absolute atomic E-state index is 11.5. The number of nitrogens with two attached hydrogens (primary N) is 1. The molecule has 0 aromatic rings. The van der Waals surface area contributed by atoms with Gasteiger partial charge in [0.05, 0.1) is 5.92 Å². The number of likely N-dealkylation sites (tertiary alicyclic amines) is 1. The Morgan fingerprint density at radius 1 is 1.38 bits per heavy atom.